The molecule has 17 heavy (non-hydrogen) atoms. The Hall–Kier alpha value is -1.44. The highest BCUT2D eigenvalue weighted by atomic mass is 32.1. The minimum Gasteiger partial charge on any atom is -0.388 e. The molecule has 0 aliphatic heterocycles. The van der Waals surface area contributed by atoms with Crippen LogP contribution in [0, 0.1) is 0 Å². The molecule has 0 heterocycles. The van der Waals surface area contributed by atoms with Gasteiger partial charge in [-0.05, 0) is 31.8 Å². The van der Waals surface area contributed by atoms with E-state index in [4.69, 9.17) is 5.73 Å². The van der Waals surface area contributed by atoms with Gasteiger partial charge in [0.1, 0.15) is 6.29 Å². The summed E-state index contributed by atoms with van der Waals surface area (Å²) in [6.07, 6.45) is 7.44. The number of allylic oxidation sites excluding steroid dienone is 1. The molecular formula is C10H19N5OS. The zero-order valence-corrected chi connectivity index (χ0v) is 10.8. The van der Waals surface area contributed by atoms with Crippen molar-refractivity contribution in [2.24, 2.45) is 11.6 Å². The third-order valence-corrected chi connectivity index (χ3v) is 2.44. The van der Waals surface area contributed by atoms with Gasteiger partial charge in [0.25, 0.3) is 0 Å². The van der Waals surface area contributed by atoms with Crippen molar-refractivity contribution in [1.29, 1.82) is 0 Å². The Morgan fingerprint density at radius 1 is 1.59 bits per heavy atom. The summed E-state index contributed by atoms with van der Waals surface area (Å²) in [6, 6.07) is 0. The summed E-state index contributed by atoms with van der Waals surface area (Å²) in [5.41, 5.74) is 7.40. The van der Waals surface area contributed by atoms with Crippen molar-refractivity contribution >= 4 is 23.6 Å². The van der Waals surface area contributed by atoms with Gasteiger partial charge in [0.15, 0.2) is 5.11 Å². The van der Waals surface area contributed by atoms with E-state index in [1.54, 1.807) is 7.05 Å². The number of nitrogens with one attached hydrogen (secondary N) is 3. The molecular weight excluding hydrogens is 238 g/mol. The van der Waals surface area contributed by atoms with E-state index in [0.29, 0.717) is 6.42 Å². The summed E-state index contributed by atoms with van der Waals surface area (Å²) in [6.45, 7) is 0. The number of carbonyl (C=O) groups is 1. The van der Waals surface area contributed by atoms with E-state index >= 15 is 0 Å². The maximum atomic E-state index is 10.7. The van der Waals surface area contributed by atoms with Crippen LogP contribution in [0.3, 0.4) is 0 Å². The van der Waals surface area contributed by atoms with E-state index < -0.39 is 5.54 Å². The van der Waals surface area contributed by atoms with Crippen LogP contribution in [0.4, 0.5) is 0 Å². The fourth-order valence-corrected chi connectivity index (χ4v) is 1.17. The zero-order chi connectivity index (χ0) is 13.3. The monoisotopic (exact) mass is 257 g/mol. The standard InChI is InChI=1S/C9H14N2O.CH5N3S/c1-10-8-3-5-9(7-12,11-2)6-4-8;2-1(5)4-3/h3-5,7,10-11H,6H2,1-2H3;3H2,(H3,2,4,5). The van der Waals surface area contributed by atoms with E-state index in [0.717, 1.165) is 12.0 Å². The van der Waals surface area contributed by atoms with Crippen LogP contribution in [-0.2, 0) is 4.79 Å². The maximum absolute atomic E-state index is 10.7. The van der Waals surface area contributed by atoms with Crippen LogP contribution < -0.4 is 27.6 Å². The fourth-order valence-electron chi connectivity index (χ4n) is 1.17. The lowest BCUT2D eigenvalue weighted by Crippen LogP contribution is -2.43. The molecule has 6 nitrogen and oxygen atoms in total. The van der Waals surface area contributed by atoms with E-state index in [1.807, 2.05) is 30.7 Å². The molecule has 7 N–H and O–H groups in total. The van der Waals surface area contributed by atoms with E-state index in [2.05, 4.69) is 28.7 Å². The first-order valence-corrected chi connectivity index (χ1v) is 5.43. The maximum Gasteiger partial charge on any atom is 0.177 e. The van der Waals surface area contributed by atoms with Gasteiger partial charge >= 0.3 is 0 Å². The van der Waals surface area contributed by atoms with Crippen molar-refractivity contribution in [3.05, 3.63) is 23.9 Å². The summed E-state index contributed by atoms with van der Waals surface area (Å²) in [4.78, 5) is 10.7. The molecule has 0 aromatic carbocycles. The molecule has 96 valence electrons. The Kier molecular flexibility index (Phi) is 7.11. The van der Waals surface area contributed by atoms with Gasteiger partial charge in [-0.1, -0.05) is 12.2 Å². The van der Waals surface area contributed by atoms with Gasteiger partial charge in [0, 0.05) is 12.7 Å². The van der Waals surface area contributed by atoms with Crippen molar-refractivity contribution in [1.82, 2.24) is 16.1 Å². The summed E-state index contributed by atoms with van der Waals surface area (Å²) < 4.78 is 0. The number of hydrazine groups is 1. The Labute approximate surface area is 106 Å². The molecule has 0 fully saturated rings. The summed E-state index contributed by atoms with van der Waals surface area (Å²) in [5, 5.41) is 6.12. The Morgan fingerprint density at radius 2 is 2.18 bits per heavy atom. The average molecular weight is 257 g/mol. The molecule has 0 aromatic rings. The highest BCUT2D eigenvalue weighted by Gasteiger charge is 2.24. The summed E-state index contributed by atoms with van der Waals surface area (Å²) in [5.74, 6) is 4.66. The number of hydrogen-bond acceptors (Lipinski definition) is 5. The smallest absolute Gasteiger partial charge is 0.177 e. The van der Waals surface area contributed by atoms with E-state index in [-0.39, 0.29) is 5.11 Å². The molecule has 0 amide bonds. The van der Waals surface area contributed by atoms with Gasteiger partial charge in [0.05, 0.1) is 5.54 Å². The van der Waals surface area contributed by atoms with Gasteiger partial charge in [-0.25, -0.2) is 5.84 Å². The lowest BCUT2D eigenvalue weighted by atomic mass is 9.92. The summed E-state index contributed by atoms with van der Waals surface area (Å²) >= 11 is 4.24. The van der Waals surface area contributed by atoms with Gasteiger partial charge in [0.2, 0.25) is 0 Å². The highest BCUT2D eigenvalue weighted by molar-refractivity contribution is 7.80. The number of likely N-dealkylation sites (N-methyl/N-ethyl adjacent to an activating group) is 2. The minimum absolute atomic E-state index is 0.116. The Bertz CT molecular complexity index is 329. The minimum atomic E-state index is -0.486. The Balaban J connectivity index is 0.000000437. The van der Waals surface area contributed by atoms with Crippen LogP contribution in [-0.4, -0.2) is 31.0 Å². The third kappa shape index (κ3) is 5.43. The zero-order valence-electron chi connectivity index (χ0n) is 9.99. The van der Waals surface area contributed by atoms with Crippen LogP contribution in [0.15, 0.2) is 23.9 Å². The van der Waals surface area contributed by atoms with Crippen molar-refractivity contribution in [2.75, 3.05) is 14.1 Å². The second-order valence-electron chi connectivity index (χ2n) is 3.36. The molecule has 1 aliphatic rings. The molecule has 0 radical (unpaired) electrons. The van der Waals surface area contributed by atoms with Crippen LogP contribution >= 0.6 is 12.2 Å². The number of carbonyl (C=O) groups excluding carboxylic acids is 1. The first-order valence-electron chi connectivity index (χ1n) is 5.02. The molecule has 0 bridgehead atoms. The first kappa shape index (κ1) is 15.6. The molecule has 1 unspecified atom stereocenters. The second-order valence-corrected chi connectivity index (χ2v) is 3.80. The van der Waals surface area contributed by atoms with Gasteiger partial charge in [-0.2, -0.15) is 0 Å². The van der Waals surface area contributed by atoms with Crippen LogP contribution in [0.2, 0.25) is 0 Å². The predicted octanol–water partition coefficient (Wildman–Crippen LogP) is -1.10. The van der Waals surface area contributed by atoms with Gasteiger partial charge in [-0.15, -0.1) is 0 Å². The molecule has 7 heteroatoms. The lowest BCUT2D eigenvalue weighted by molar-refractivity contribution is -0.111. The summed E-state index contributed by atoms with van der Waals surface area (Å²) in [7, 11) is 3.65. The molecule has 0 saturated carbocycles. The predicted molar refractivity (Wildman–Crippen MR) is 72.9 cm³/mol. The topological polar surface area (TPSA) is 105 Å². The number of nitrogens with two attached hydrogens (primary N) is 2. The number of aldehydes is 1. The molecule has 0 spiro atoms. The van der Waals surface area contributed by atoms with Crippen LogP contribution in [0.25, 0.3) is 0 Å². The van der Waals surface area contributed by atoms with E-state index in [1.165, 1.54) is 0 Å². The van der Waals surface area contributed by atoms with Crippen LogP contribution in [0.1, 0.15) is 6.42 Å². The largest absolute Gasteiger partial charge is 0.388 e. The number of rotatable bonds is 3. The van der Waals surface area contributed by atoms with Gasteiger partial charge in [-0.3, -0.25) is 0 Å². The van der Waals surface area contributed by atoms with Gasteiger partial charge < -0.3 is 26.6 Å². The first-order chi connectivity index (χ1) is 8.03. The van der Waals surface area contributed by atoms with Crippen molar-refractivity contribution in [2.45, 2.75) is 12.0 Å². The van der Waals surface area contributed by atoms with Crippen molar-refractivity contribution in [3.8, 4) is 0 Å². The van der Waals surface area contributed by atoms with Crippen molar-refractivity contribution < 1.29 is 4.79 Å². The highest BCUT2D eigenvalue weighted by Crippen LogP contribution is 2.16. The number of hydrogen-bond donors (Lipinski definition) is 5. The number of thiocarbonyl (C=S) groups is 1. The molecule has 1 rings (SSSR count). The SMILES string of the molecule is CNC1=CCC(C=O)(NC)C=C1.NNC(N)=S. The second kappa shape index (κ2) is 7.77. The fraction of sp³-hybridized carbons (Fsp3) is 0.400. The third-order valence-electron chi connectivity index (χ3n) is 2.33. The molecule has 0 aromatic heterocycles. The Morgan fingerprint density at radius 3 is 2.41 bits per heavy atom. The van der Waals surface area contributed by atoms with Crippen molar-refractivity contribution in [3.63, 3.8) is 0 Å². The molecule has 1 aliphatic carbocycles. The molecule has 1 atom stereocenters. The van der Waals surface area contributed by atoms with Crippen LogP contribution in [0.5, 0.6) is 0 Å². The molecule has 0 saturated heterocycles. The average Bonchev–Trinajstić information content (AvgIpc) is 2.39. The normalized spacial score (nSPS) is 21.7. The lowest BCUT2D eigenvalue weighted by Gasteiger charge is -2.25. The van der Waals surface area contributed by atoms with E-state index in [9.17, 15) is 4.79 Å². The quantitative estimate of drug-likeness (QED) is 0.189.